The number of nitrogens with zero attached hydrogens (tertiary/aromatic N) is 1. The van der Waals surface area contributed by atoms with Crippen LogP contribution in [-0.4, -0.2) is 24.9 Å². The number of carbonyl (C=O) groups excluding carboxylic acids is 1. The second kappa shape index (κ2) is 8.64. The zero-order valence-corrected chi connectivity index (χ0v) is 18.1. The standard InChI is InChI=1S/C24H28N2O3S/c1-18-9-5-6-10-19(18)17-30(28,29)23-15-26(22-14-8-7-13-21(22)23)16-24(27)25-20-11-3-2-4-12-20/h5-10,13-15,20H,2-4,11-12,16-17H2,1H3,(H,25,27). The topological polar surface area (TPSA) is 68.2 Å². The van der Waals surface area contributed by atoms with Crippen molar-refractivity contribution in [2.75, 3.05) is 0 Å². The maximum Gasteiger partial charge on any atom is 0.240 e. The molecular weight excluding hydrogens is 396 g/mol. The summed E-state index contributed by atoms with van der Waals surface area (Å²) in [6.45, 7) is 2.04. The Morgan fingerprint density at radius 2 is 1.73 bits per heavy atom. The average molecular weight is 425 g/mol. The summed E-state index contributed by atoms with van der Waals surface area (Å²) in [7, 11) is -3.56. The van der Waals surface area contributed by atoms with Gasteiger partial charge in [0.15, 0.2) is 9.84 Å². The number of sulfone groups is 1. The van der Waals surface area contributed by atoms with Gasteiger partial charge in [0.2, 0.25) is 5.91 Å². The first kappa shape index (κ1) is 20.7. The maximum absolute atomic E-state index is 13.3. The van der Waals surface area contributed by atoms with Crippen molar-refractivity contribution in [3.05, 3.63) is 65.9 Å². The first-order valence-electron chi connectivity index (χ1n) is 10.6. The van der Waals surface area contributed by atoms with Crippen LogP contribution < -0.4 is 5.32 Å². The number of hydrogen-bond acceptors (Lipinski definition) is 3. The van der Waals surface area contributed by atoms with Crippen LogP contribution in [-0.2, 0) is 26.9 Å². The lowest BCUT2D eigenvalue weighted by Crippen LogP contribution is -2.38. The van der Waals surface area contributed by atoms with Crippen LogP contribution in [0.25, 0.3) is 10.9 Å². The largest absolute Gasteiger partial charge is 0.352 e. The molecule has 158 valence electrons. The number of aryl methyl sites for hydroxylation is 1. The van der Waals surface area contributed by atoms with E-state index in [0.29, 0.717) is 5.39 Å². The summed E-state index contributed by atoms with van der Waals surface area (Å²) in [5.41, 5.74) is 2.51. The van der Waals surface area contributed by atoms with Gasteiger partial charge in [-0.3, -0.25) is 4.79 Å². The Labute approximate surface area is 178 Å². The minimum absolute atomic E-state index is 0.0536. The maximum atomic E-state index is 13.3. The number of rotatable bonds is 6. The van der Waals surface area contributed by atoms with E-state index in [4.69, 9.17) is 0 Å². The lowest BCUT2D eigenvalue weighted by atomic mass is 9.95. The Bertz CT molecular complexity index is 1160. The molecule has 1 aliphatic carbocycles. The van der Waals surface area contributed by atoms with Gasteiger partial charge in [0.1, 0.15) is 6.54 Å². The van der Waals surface area contributed by atoms with Crippen LogP contribution in [0.15, 0.2) is 59.6 Å². The molecule has 1 heterocycles. The Kier molecular flexibility index (Phi) is 5.95. The van der Waals surface area contributed by atoms with E-state index in [1.807, 2.05) is 55.5 Å². The lowest BCUT2D eigenvalue weighted by Gasteiger charge is -2.22. The molecule has 6 heteroatoms. The zero-order valence-electron chi connectivity index (χ0n) is 17.3. The molecule has 1 fully saturated rings. The highest BCUT2D eigenvalue weighted by Crippen LogP contribution is 2.28. The lowest BCUT2D eigenvalue weighted by molar-refractivity contribution is -0.122. The van der Waals surface area contributed by atoms with Gasteiger partial charge >= 0.3 is 0 Å². The highest BCUT2D eigenvalue weighted by atomic mass is 32.2. The van der Waals surface area contributed by atoms with Gasteiger partial charge in [-0.1, -0.05) is 61.7 Å². The molecule has 1 aliphatic rings. The van der Waals surface area contributed by atoms with Crippen molar-refractivity contribution in [2.24, 2.45) is 0 Å². The van der Waals surface area contributed by atoms with Crippen LogP contribution >= 0.6 is 0 Å². The molecule has 0 unspecified atom stereocenters. The Balaban J connectivity index is 1.62. The smallest absolute Gasteiger partial charge is 0.240 e. The molecule has 0 spiro atoms. The van der Waals surface area contributed by atoms with Gasteiger partial charge in [0.25, 0.3) is 0 Å². The molecule has 1 amide bonds. The van der Waals surface area contributed by atoms with Gasteiger partial charge < -0.3 is 9.88 Å². The normalized spacial score (nSPS) is 15.4. The van der Waals surface area contributed by atoms with Crippen molar-refractivity contribution in [1.29, 1.82) is 0 Å². The zero-order chi connectivity index (χ0) is 21.1. The van der Waals surface area contributed by atoms with Crippen molar-refractivity contribution in [3.63, 3.8) is 0 Å². The molecule has 5 nitrogen and oxygen atoms in total. The monoisotopic (exact) mass is 424 g/mol. The van der Waals surface area contributed by atoms with E-state index in [9.17, 15) is 13.2 Å². The van der Waals surface area contributed by atoms with Crippen molar-refractivity contribution < 1.29 is 13.2 Å². The summed E-state index contributed by atoms with van der Waals surface area (Å²) < 4.78 is 28.3. The minimum Gasteiger partial charge on any atom is -0.352 e. The van der Waals surface area contributed by atoms with Crippen molar-refractivity contribution in [1.82, 2.24) is 9.88 Å². The van der Waals surface area contributed by atoms with E-state index in [1.165, 1.54) is 6.42 Å². The summed E-state index contributed by atoms with van der Waals surface area (Å²) in [5, 5.41) is 3.78. The summed E-state index contributed by atoms with van der Waals surface area (Å²) in [6.07, 6.45) is 7.20. The van der Waals surface area contributed by atoms with Crippen LogP contribution in [0.1, 0.15) is 43.2 Å². The van der Waals surface area contributed by atoms with Gasteiger partial charge in [-0.2, -0.15) is 0 Å². The third-order valence-corrected chi connectivity index (χ3v) is 7.66. The molecular formula is C24H28N2O3S. The number of carbonyl (C=O) groups is 1. The van der Waals surface area contributed by atoms with Gasteiger partial charge in [-0.15, -0.1) is 0 Å². The van der Waals surface area contributed by atoms with Crippen molar-refractivity contribution >= 4 is 26.6 Å². The minimum atomic E-state index is -3.56. The number of nitrogens with one attached hydrogen (secondary N) is 1. The highest BCUT2D eigenvalue weighted by molar-refractivity contribution is 7.90. The molecule has 3 aromatic rings. The van der Waals surface area contributed by atoms with Gasteiger partial charge in [-0.05, 0) is 37.0 Å². The van der Waals surface area contributed by atoms with Crippen LogP contribution in [0.3, 0.4) is 0 Å². The third-order valence-electron chi connectivity index (χ3n) is 5.98. The number of amides is 1. The highest BCUT2D eigenvalue weighted by Gasteiger charge is 2.23. The number of para-hydroxylation sites is 1. The fourth-order valence-corrected chi connectivity index (χ4v) is 6.01. The van der Waals surface area contributed by atoms with Gasteiger partial charge in [-0.25, -0.2) is 8.42 Å². The van der Waals surface area contributed by atoms with E-state index < -0.39 is 9.84 Å². The molecule has 2 aromatic carbocycles. The summed E-state index contributed by atoms with van der Waals surface area (Å²) in [5.74, 6) is -0.118. The summed E-state index contributed by atoms with van der Waals surface area (Å²) >= 11 is 0. The molecule has 0 radical (unpaired) electrons. The van der Waals surface area contributed by atoms with Crippen LogP contribution in [0.5, 0.6) is 0 Å². The summed E-state index contributed by atoms with van der Waals surface area (Å²) in [6, 6.07) is 15.2. The van der Waals surface area contributed by atoms with Gasteiger partial charge in [0.05, 0.1) is 10.6 Å². The molecule has 1 aromatic heterocycles. The van der Waals surface area contributed by atoms with E-state index in [0.717, 1.165) is 42.3 Å². The van der Waals surface area contributed by atoms with Crippen LogP contribution in [0.4, 0.5) is 0 Å². The molecule has 1 saturated carbocycles. The SMILES string of the molecule is Cc1ccccc1CS(=O)(=O)c1cn(CC(=O)NC2CCCCC2)c2ccccc12. The number of fused-ring (bicyclic) bond motifs is 1. The van der Waals surface area contributed by atoms with Gasteiger partial charge in [0, 0.05) is 23.1 Å². The fourth-order valence-electron chi connectivity index (χ4n) is 4.32. The van der Waals surface area contributed by atoms with Crippen molar-refractivity contribution in [3.8, 4) is 0 Å². The molecule has 0 bridgehead atoms. The molecule has 0 saturated heterocycles. The van der Waals surface area contributed by atoms with E-state index >= 15 is 0 Å². The van der Waals surface area contributed by atoms with Crippen LogP contribution in [0, 0.1) is 6.92 Å². The quantitative estimate of drug-likeness (QED) is 0.639. The first-order valence-corrected chi connectivity index (χ1v) is 12.2. The molecule has 1 N–H and O–H groups in total. The molecule has 4 rings (SSSR count). The van der Waals surface area contributed by atoms with E-state index in [2.05, 4.69) is 5.32 Å². The Hall–Kier alpha value is -2.60. The van der Waals surface area contributed by atoms with E-state index in [1.54, 1.807) is 10.8 Å². The predicted octanol–water partition coefficient (Wildman–Crippen LogP) is 4.37. The van der Waals surface area contributed by atoms with Crippen molar-refractivity contribution in [2.45, 2.75) is 62.3 Å². The number of aromatic nitrogens is 1. The molecule has 0 aliphatic heterocycles. The third kappa shape index (κ3) is 4.43. The molecule has 0 atom stereocenters. The van der Waals surface area contributed by atoms with E-state index in [-0.39, 0.29) is 29.1 Å². The first-order chi connectivity index (χ1) is 14.4. The molecule has 30 heavy (non-hydrogen) atoms. The Morgan fingerprint density at radius 3 is 2.50 bits per heavy atom. The van der Waals surface area contributed by atoms with Crippen LogP contribution in [0.2, 0.25) is 0 Å². The predicted molar refractivity (Wildman–Crippen MR) is 119 cm³/mol. The average Bonchev–Trinajstić information content (AvgIpc) is 3.10. The Morgan fingerprint density at radius 1 is 1.03 bits per heavy atom. The second-order valence-electron chi connectivity index (χ2n) is 8.23. The second-order valence-corrected chi connectivity index (χ2v) is 10.2. The number of benzene rings is 2. The fraction of sp³-hybridized carbons (Fsp3) is 0.375. The summed E-state index contributed by atoms with van der Waals surface area (Å²) in [4.78, 5) is 12.9. The number of hydrogen-bond donors (Lipinski definition) is 1.